The summed E-state index contributed by atoms with van der Waals surface area (Å²) in [5, 5.41) is 0. The smallest absolute Gasteiger partial charge is 0.192 e. The molecule has 4 nitrogen and oxygen atoms in total. The van der Waals surface area contributed by atoms with Crippen LogP contribution in [-0.2, 0) is 4.74 Å². The molecule has 0 saturated heterocycles. The van der Waals surface area contributed by atoms with Gasteiger partial charge in [0.25, 0.3) is 0 Å². The lowest BCUT2D eigenvalue weighted by molar-refractivity contribution is 0.166. The van der Waals surface area contributed by atoms with Crippen molar-refractivity contribution in [3.63, 3.8) is 0 Å². The molecule has 4 heteroatoms. The summed E-state index contributed by atoms with van der Waals surface area (Å²) in [6.45, 7) is 6.44. The van der Waals surface area contributed by atoms with Gasteiger partial charge < -0.3 is 15.4 Å². The molecule has 0 fully saturated rings. The van der Waals surface area contributed by atoms with Crippen LogP contribution in [0.3, 0.4) is 0 Å². The lowest BCUT2D eigenvalue weighted by atomic mass is 10.0. The first-order valence-corrected chi connectivity index (χ1v) is 6.26. The molecule has 98 valence electrons. The number of guanidine groups is 1. The van der Waals surface area contributed by atoms with E-state index in [2.05, 4.69) is 41.9 Å². The van der Waals surface area contributed by atoms with Gasteiger partial charge in [-0.05, 0) is 30.5 Å². The molecule has 1 atom stereocenters. The van der Waals surface area contributed by atoms with Gasteiger partial charge in [-0.1, -0.05) is 18.2 Å². The fraction of sp³-hybridized carbons (Fsp3) is 0.500. The van der Waals surface area contributed by atoms with Crippen molar-refractivity contribution in [2.45, 2.75) is 19.9 Å². The Morgan fingerprint density at radius 3 is 2.83 bits per heavy atom. The predicted octanol–water partition coefficient (Wildman–Crippen LogP) is 1.62. The molecule has 0 saturated carbocycles. The number of hydrogen-bond acceptors (Lipinski definition) is 4. The van der Waals surface area contributed by atoms with E-state index >= 15 is 0 Å². The van der Waals surface area contributed by atoms with Crippen molar-refractivity contribution in [1.29, 1.82) is 0 Å². The zero-order valence-electron chi connectivity index (χ0n) is 11.3. The van der Waals surface area contributed by atoms with Crippen LogP contribution < -0.4 is 5.73 Å². The topological polar surface area (TPSA) is 50.9 Å². The van der Waals surface area contributed by atoms with E-state index in [9.17, 15) is 0 Å². The minimum atomic E-state index is 0.249. The van der Waals surface area contributed by atoms with Crippen molar-refractivity contribution in [3.8, 4) is 0 Å². The minimum absolute atomic E-state index is 0.249. The molecule has 1 aromatic carbocycles. The number of aliphatic imine (C=N–C) groups is 1. The Labute approximate surface area is 108 Å². The fourth-order valence-electron chi connectivity index (χ4n) is 2.25. The summed E-state index contributed by atoms with van der Waals surface area (Å²) in [6, 6.07) is 6.81. The largest absolute Gasteiger partial charge is 0.383 e. The monoisotopic (exact) mass is 247 g/mol. The van der Waals surface area contributed by atoms with Crippen molar-refractivity contribution in [1.82, 2.24) is 4.90 Å². The lowest BCUT2D eigenvalue weighted by Crippen LogP contribution is -2.38. The maximum Gasteiger partial charge on any atom is 0.192 e. The number of nitrogens with two attached hydrogens (primary N) is 1. The highest BCUT2D eigenvalue weighted by Crippen LogP contribution is 2.26. The average Bonchev–Trinajstić information content (AvgIpc) is 2.72. The van der Waals surface area contributed by atoms with Gasteiger partial charge in [-0.2, -0.15) is 0 Å². The standard InChI is InChI=1S/C14H21N3O/c1-10-4-5-12(8-11(10)2)13-9-16-14(15)17(13)6-7-18-3/h4-5,8,13H,6-7,9H2,1-3H3,(H2,15,16). The highest BCUT2D eigenvalue weighted by Gasteiger charge is 2.27. The molecule has 2 rings (SSSR count). The molecule has 0 aliphatic carbocycles. The average molecular weight is 247 g/mol. The van der Waals surface area contributed by atoms with Crippen LogP contribution in [0.2, 0.25) is 0 Å². The van der Waals surface area contributed by atoms with Crippen LogP contribution in [0.4, 0.5) is 0 Å². The molecule has 0 aromatic heterocycles. The van der Waals surface area contributed by atoms with Crippen LogP contribution >= 0.6 is 0 Å². The molecular weight excluding hydrogens is 226 g/mol. The summed E-state index contributed by atoms with van der Waals surface area (Å²) in [5.41, 5.74) is 9.84. The number of hydrogen-bond donors (Lipinski definition) is 1. The Balaban J connectivity index is 2.19. The second-order valence-corrected chi connectivity index (χ2v) is 4.74. The molecule has 0 amide bonds. The van der Waals surface area contributed by atoms with E-state index in [-0.39, 0.29) is 6.04 Å². The number of benzene rings is 1. The number of nitrogens with zero attached hydrogens (tertiary/aromatic N) is 2. The summed E-state index contributed by atoms with van der Waals surface area (Å²) < 4.78 is 5.13. The van der Waals surface area contributed by atoms with Crippen LogP contribution in [0.15, 0.2) is 23.2 Å². The van der Waals surface area contributed by atoms with Crippen molar-refractivity contribution in [3.05, 3.63) is 34.9 Å². The van der Waals surface area contributed by atoms with E-state index in [0.717, 1.165) is 13.1 Å². The SMILES string of the molecule is COCCN1C(N)=NCC1c1ccc(C)c(C)c1. The molecule has 0 radical (unpaired) electrons. The highest BCUT2D eigenvalue weighted by atomic mass is 16.5. The molecule has 0 bridgehead atoms. The van der Waals surface area contributed by atoms with Gasteiger partial charge in [-0.25, -0.2) is 0 Å². The van der Waals surface area contributed by atoms with E-state index in [0.29, 0.717) is 12.6 Å². The third kappa shape index (κ3) is 2.48. The van der Waals surface area contributed by atoms with Gasteiger partial charge in [-0.3, -0.25) is 4.99 Å². The maximum absolute atomic E-state index is 5.94. The summed E-state index contributed by atoms with van der Waals surface area (Å²) in [4.78, 5) is 6.46. The van der Waals surface area contributed by atoms with Gasteiger partial charge in [0.1, 0.15) is 0 Å². The summed E-state index contributed by atoms with van der Waals surface area (Å²) in [7, 11) is 1.70. The quantitative estimate of drug-likeness (QED) is 0.879. The zero-order chi connectivity index (χ0) is 13.1. The molecule has 1 unspecified atom stereocenters. The molecule has 1 aliphatic heterocycles. The third-order valence-corrected chi connectivity index (χ3v) is 3.55. The maximum atomic E-state index is 5.94. The fourth-order valence-corrected chi connectivity index (χ4v) is 2.25. The first-order valence-electron chi connectivity index (χ1n) is 6.26. The Morgan fingerprint density at radius 2 is 2.17 bits per heavy atom. The van der Waals surface area contributed by atoms with Crippen LogP contribution in [0.5, 0.6) is 0 Å². The number of aryl methyl sites for hydroxylation is 2. The van der Waals surface area contributed by atoms with Gasteiger partial charge in [-0.15, -0.1) is 0 Å². The van der Waals surface area contributed by atoms with E-state index in [1.807, 2.05) is 0 Å². The minimum Gasteiger partial charge on any atom is -0.383 e. The van der Waals surface area contributed by atoms with Crippen molar-refractivity contribution in [2.75, 3.05) is 26.8 Å². The molecule has 1 aliphatic rings. The van der Waals surface area contributed by atoms with E-state index in [4.69, 9.17) is 10.5 Å². The Hall–Kier alpha value is -1.55. The van der Waals surface area contributed by atoms with Gasteiger partial charge in [0.2, 0.25) is 0 Å². The van der Waals surface area contributed by atoms with Crippen molar-refractivity contribution in [2.24, 2.45) is 10.7 Å². The summed E-state index contributed by atoms with van der Waals surface area (Å²) in [6.07, 6.45) is 0. The molecule has 1 heterocycles. The first-order chi connectivity index (χ1) is 8.63. The number of rotatable bonds is 4. The third-order valence-electron chi connectivity index (χ3n) is 3.55. The lowest BCUT2D eigenvalue weighted by Gasteiger charge is -2.26. The van der Waals surface area contributed by atoms with Crippen LogP contribution in [0, 0.1) is 13.8 Å². The second-order valence-electron chi connectivity index (χ2n) is 4.74. The van der Waals surface area contributed by atoms with Gasteiger partial charge in [0.15, 0.2) is 5.96 Å². The predicted molar refractivity (Wildman–Crippen MR) is 73.7 cm³/mol. The molecule has 18 heavy (non-hydrogen) atoms. The van der Waals surface area contributed by atoms with Crippen LogP contribution in [0.25, 0.3) is 0 Å². The Bertz CT molecular complexity index is 456. The first kappa shape index (κ1) is 12.9. The van der Waals surface area contributed by atoms with Gasteiger partial charge >= 0.3 is 0 Å². The van der Waals surface area contributed by atoms with Crippen LogP contribution in [-0.4, -0.2) is 37.7 Å². The molecule has 0 spiro atoms. The summed E-state index contributed by atoms with van der Waals surface area (Å²) >= 11 is 0. The molecule has 1 aromatic rings. The number of ether oxygens (including phenoxy) is 1. The van der Waals surface area contributed by atoms with Crippen LogP contribution in [0.1, 0.15) is 22.7 Å². The normalized spacial score (nSPS) is 19.2. The Morgan fingerprint density at radius 1 is 1.39 bits per heavy atom. The van der Waals surface area contributed by atoms with E-state index in [1.165, 1.54) is 16.7 Å². The zero-order valence-corrected chi connectivity index (χ0v) is 11.3. The van der Waals surface area contributed by atoms with Gasteiger partial charge in [0, 0.05) is 13.7 Å². The van der Waals surface area contributed by atoms with Crippen molar-refractivity contribution < 1.29 is 4.74 Å². The molecule has 2 N–H and O–H groups in total. The Kier molecular flexibility index (Phi) is 3.87. The second kappa shape index (κ2) is 5.40. The van der Waals surface area contributed by atoms with Crippen molar-refractivity contribution >= 4 is 5.96 Å². The number of methoxy groups -OCH3 is 1. The van der Waals surface area contributed by atoms with E-state index < -0.39 is 0 Å². The van der Waals surface area contributed by atoms with Gasteiger partial charge in [0.05, 0.1) is 19.2 Å². The molecular formula is C14H21N3O. The summed E-state index contributed by atoms with van der Waals surface area (Å²) in [5.74, 6) is 0.621. The van der Waals surface area contributed by atoms with E-state index in [1.54, 1.807) is 7.11 Å². The highest BCUT2D eigenvalue weighted by molar-refractivity contribution is 5.80.